The third-order valence-electron chi connectivity index (χ3n) is 4.74. The first kappa shape index (κ1) is 20.4. The quantitative estimate of drug-likeness (QED) is 0.746. The zero-order chi connectivity index (χ0) is 20.1. The summed E-state index contributed by atoms with van der Waals surface area (Å²) in [6.07, 6.45) is -0.533. The first-order valence-electron chi connectivity index (χ1n) is 9.34. The van der Waals surface area contributed by atoms with E-state index in [1.54, 1.807) is 16.7 Å². The molecular weight excluding hydrogens is 374 g/mol. The molecule has 148 valence electrons. The number of carbonyl (C=O) groups is 2. The summed E-state index contributed by atoms with van der Waals surface area (Å²) < 4.78 is 5.46. The van der Waals surface area contributed by atoms with E-state index < -0.39 is 12.1 Å². The van der Waals surface area contributed by atoms with E-state index in [2.05, 4.69) is 32.0 Å². The average molecular weight is 400 g/mol. The fourth-order valence-electron chi connectivity index (χ4n) is 3.22. The second kappa shape index (κ2) is 9.26. The van der Waals surface area contributed by atoms with Crippen LogP contribution in [0.15, 0.2) is 47.4 Å². The van der Waals surface area contributed by atoms with Crippen LogP contribution >= 0.6 is 11.8 Å². The summed E-state index contributed by atoms with van der Waals surface area (Å²) in [4.78, 5) is 26.7. The highest BCUT2D eigenvalue weighted by molar-refractivity contribution is 7.98. The minimum atomic E-state index is -0.912. The number of benzene rings is 2. The number of ether oxygens (including phenoxy) is 1. The monoisotopic (exact) mass is 399 g/mol. The Morgan fingerprint density at radius 3 is 2.82 bits per heavy atom. The van der Waals surface area contributed by atoms with Gasteiger partial charge >= 0.3 is 5.97 Å². The van der Waals surface area contributed by atoms with Gasteiger partial charge in [-0.3, -0.25) is 9.59 Å². The highest BCUT2D eigenvalue weighted by Crippen LogP contribution is 2.27. The van der Waals surface area contributed by atoms with Gasteiger partial charge in [0.1, 0.15) is 0 Å². The van der Waals surface area contributed by atoms with Crippen molar-refractivity contribution in [2.24, 2.45) is 0 Å². The highest BCUT2D eigenvalue weighted by Gasteiger charge is 2.26. The molecule has 0 bridgehead atoms. The average Bonchev–Trinajstić information content (AvgIpc) is 2.68. The van der Waals surface area contributed by atoms with Crippen LogP contribution in [0.4, 0.5) is 0 Å². The Morgan fingerprint density at radius 2 is 2.04 bits per heavy atom. The van der Waals surface area contributed by atoms with Crippen molar-refractivity contribution in [1.82, 2.24) is 4.90 Å². The lowest BCUT2D eigenvalue weighted by Crippen LogP contribution is -2.46. The zero-order valence-corrected chi connectivity index (χ0v) is 17.0. The SMILES string of the molecule is Cc1ccc(C)c(SCc2cccc(C(=O)N3CCOC(CC(=O)O)C3)c2)c1. The van der Waals surface area contributed by atoms with E-state index in [1.807, 2.05) is 24.3 Å². The summed E-state index contributed by atoms with van der Waals surface area (Å²) in [6.45, 7) is 5.35. The number of aliphatic carboxylic acids is 1. The van der Waals surface area contributed by atoms with Gasteiger partial charge in [0.05, 0.1) is 19.1 Å². The van der Waals surface area contributed by atoms with Crippen molar-refractivity contribution in [1.29, 1.82) is 0 Å². The number of carbonyl (C=O) groups excluding carboxylic acids is 1. The number of morpholine rings is 1. The summed E-state index contributed by atoms with van der Waals surface area (Å²) in [5, 5.41) is 8.95. The summed E-state index contributed by atoms with van der Waals surface area (Å²) >= 11 is 1.77. The van der Waals surface area contributed by atoms with Gasteiger partial charge < -0.3 is 14.7 Å². The van der Waals surface area contributed by atoms with Gasteiger partial charge in [-0.15, -0.1) is 11.8 Å². The van der Waals surface area contributed by atoms with Crippen molar-refractivity contribution in [3.8, 4) is 0 Å². The molecule has 0 aliphatic carbocycles. The molecular formula is C22H25NO4S. The Hall–Kier alpha value is -2.31. The molecule has 2 aromatic carbocycles. The predicted octanol–water partition coefficient (Wildman–Crippen LogP) is 3.91. The lowest BCUT2D eigenvalue weighted by Gasteiger charge is -2.32. The van der Waals surface area contributed by atoms with Crippen LogP contribution in [0.5, 0.6) is 0 Å². The van der Waals surface area contributed by atoms with Crippen molar-refractivity contribution in [3.63, 3.8) is 0 Å². The first-order valence-corrected chi connectivity index (χ1v) is 10.3. The molecule has 0 saturated carbocycles. The van der Waals surface area contributed by atoms with Gasteiger partial charge in [-0.2, -0.15) is 0 Å². The molecule has 1 fully saturated rings. The number of thioether (sulfide) groups is 1. The first-order chi connectivity index (χ1) is 13.4. The Balaban J connectivity index is 1.66. The van der Waals surface area contributed by atoms with E-state index in [0.717, 1.165) is 11.3 Å². The number of carboxylic acids is 1. The number of hydrogen-bond donors (Lipinski definition) is 1. The van der Waals surface area contributed by atoms with E-state index in [1.165, 1.54) is 16.0 Å². The number of aryl methyl sites for hydroxylation is 2. The van der Waals surface area contributed by atoms with E-state index in [-0.39, 0.29) is 12.3 Å². The smallest absolute Gasteiger partial charge is 0.306 e. The van der Waals surface area contributed by atoms with Crippen LogP contribution in [0, 0.1) is 13.8 Å². The number of amides is 1. The molecule has 2 aromatic rings. The maximum absolute atomic E-state index is 12.9. The number of carboxylic acid groups (broad SMARTS) is 1. The molecule has 0 spiro atoms. The highest BCUT2D eigenvalue weighted by atomic mass is 32.2. The van der Waals surface area contributed by atoms with Crippen molar-refractivity contribution in [3.05, 3.63) is 64.7 Å². The van der Waals surface area contributed by atoms with Gasteiger partial charge in [0, 0.05) is 29.3 Å². The Kier molecular flexibility index (Phi) is 6.75. The third kappa shape index (κ3) is 5.36. The molecule has 1 amide bonds. The molecule has 1 N–H and O–H groups in total. The van der Waals surface area contributed by atoms with Gasteiger partial charge in [-0.05, 0) is 43.2 Å². The molecule has 1 unspecified atom stereocenters. The topological polar surface area (TPSA) is 66.8 Å². The van der Waals surface area contributed by atoms with Gasteiger partial charge in [-0.1, -0.05) is 29.8 Å². The van der Waals surface area contributed by atoms with Crippen LogP contribution in [0.25, 0.3) is 0 Å². The molecule has 28 heavy (non-hydrogen) atoms. The van der Waals surface area contributed by atoms with Crippen molar-refractivity contribution >= 4 is 23.6 Å². The second-order valence-corrected chi connectivity index (χ2v) is 8.12. The minimum Gasteiger partial charge on any atom is -0.481 e. The lowest BCUT2D eigenvalue weighted by molar-refractivity contribution is -0.141. The minimum absolute atomic E-state index is 0.0720. The molecule has 3 rings (SSSR count). The Bertz CT molecular complexity index is 867. The number of hydrogen-bond acceptors (Lipinski definition) is 4. The molecule has 6 heteroatoms. The van der Waals surface area contributed by atoms with E-state index >= 15 is 0 Å². The molecule has 1 atom stereocenters. The van der Waals surface area contributed by atoms with E-state index in [9.17, 15) is 9.59 Å². The van der Waals surface area contributed by atoms with Crippen LogP contribution in [-0.2, 0) is 15.3 Å². The standard InChI is InChI=1S/C22H25NO4S/c1-15-6-7-16(2)20(10-15)28-14-17-4-3-5-18(11-17)22(26)23-8-9-27-19(13-23)12-21(24)25/h3-7,10-11,19H,8-9,12-14H2,1-2H3,(H,24,25). The Morgan fingerprint density at radius 1 is 1.21 bits per heavy atom. The maximum atomic E-state index is 12.9. The van der Waals surface area contributed by atoms with E-state index in [4.69, 9.17) is 9.84 Å². The summed E-state index contributed by atoms with van der Waals surface area (Å²) in [5.74, 6) is -0.196. The molecule has 5 nitrogen and oxygen atoms in total. The van der Waals surface area contributed by atoms with Gasteiger partial charge in [-0.25, -0.2) is 0 Å². The van der Waals surface area contributed by atoms with Crippen LogP contribution in [0.3, 0.4) is 0 Å². The summed E-state index contributed by atoms with van der Waals surface area (Å²) in [7, 11) is 0. The van der Waals surface area contributed by atoms with Crippen LogP contribution in [-0.4, -0.2) is 47.7 Å². The molecule has 0 radical (unpaired) electrons. The molecule has 1 aliphatic heterocycles. The van der Waals surface area contributed by atoms with Crippen LogP contribution in [0.1, 0.15) is 33.5 Å². The second-order valence-electron chi connectivity index (χ2n) is 7.10. The van der Waals surface area contributed by atoms with Crippen molar-refractivity contribution in [2.75, 3.05) is 19.7 Å². The van der Waals surface area contributed by atoms with Gasteiger partial charge in [0.25, 0.3) is 5.91 Å². The van der Waals surface area contributed by atoms with Crippen LogP contribution < -0.4 is 0 Å². The molecule has 1 saturated heterocycles. The lowest BCUT2D eigenvalue weighted by atomic mass is 10.1. The van der Waals surface area contributed by atoms with E-state index in [0.29, 0.717) is 25.3 Å². The Labute approximate surface area is 169 Å². The largest absolute Gasteiger partial charge is 0.481 e. The van der Waals surface area contributed by atoms with Gasteiger partial charge in [0.15, 0.2) is 0 Å². The number of nitrogens with zero attached hydrogens (tertiary/aromatic N) is 1. The maximum Gasteiger partial charge on any atom is 0.306 e. The molecule has 1 heterocycles. The summed E-state index contributed by atoms with van der Waals surface area (Å²) in [5.41, 5.74) is 4.21. The molecule has 1 aliphatic rings. The number of rotatable bonds is 6. The third-order valence-corrected chi connectivity index (χ3v) is 5.97. The fraction of sp³-hybridized carbons (Fsp3) is 0.364. The van der Waals surface area contributed by atoms with Gasteiger partial charge in [0.2, 0.25) is 0 Å². The normalized spacial score (nSPS) is 16.8. The molecule has 0 aromatic heterocycles. The van der Waals surface area contributed by atoms with Crippen LogP contribution in [0.2, 0.25) is 0 Å². The zero-order valence-electron chi connectivity index (χ0n) is 16.2. The van der Waals surface area contributed by atoms with Crippen molar-refractivity contribution < 1.29 is 19.4 Å². The fourth-order valence-corrected chi connectivity index (χ4v) is 4.29. The van der Waals surface area contributed by atoms with Crippen molar-refractivity contribution in [2.45, 2.75) is 37.0 Å². The predicted molar refractivity (Wildman–Crippen MR) is 110 cm³/mol. The summed E-state index contributed by atoms with van der Waals surface area (Å²) in [6, 6.07) is 14.1.